The molecule has 1 aromatic rings. The molecule has 3 fully saturated rings. The lowest BCUT2D eigenvalue weighted by atomic mass is 9.77. The van der Waals surface area contributed by atoms with Gasteiger partial charge in [-0.3, -0.25) is 9.59 Å². The third kappa shape index (κ3) is 3.57. The number of carbonyl (C=O) groups excluding carboxylic acids is 2. The van der Waals surface area contributed by atoms with E-state index in [0.717, 1.165) is 24.2 Å². The number of ether oxygens (including phenoxy) is 1. The summed E-state index contributed by atoms with van der Waals surface area (Å²) in [5.41, 5.74) is 3.96. The minimum atomic E-state index is -3.61. The zero-order chi connectivity index (χ0) is 20.1. The molecule has 1 aliphatic heterocycles. The molecule has 2 N–H and O–H groups in total. The van der Waals surface area contributed by atoms with E-state index in [1.54, 1.807) is 0 Å². The van der Waals surface area contributed by atoms with Gasteiger partial charge in [0, 0.05) is 0 Å². The van der Waals surface area contributed by atoms with Gasteiger partial charge in [0.25, 0.3) is 5.91 Å². The summed E-state index contributed by atoms with van der Waals surface area (Å²) in [6.45, 7) is 0.399. The Morgan fingerprint density at radius 1 is 1.32 bits per heavy atom. The number of nitrogens with zero attached hydrogens (tertiary/aromatic N) is 2. The van der Waals surface area contributed by atoms with Crippen LogP contribution >= 0.6 is 0 Å². The number of carbonyl (C=O) groups is 2. The summed E-state index contributed by atoms with van der Waals surface area (Å²) in [6, 6.07) is 1.59. The van der Waals surface area contributed by atoms with E-state index >= 15 is 0 Å². The molecule has 10 heteroatoms. The van der Waals surface area contributed by atoms with Crippen LogP contribution in [0, 0.1) is 5.92 Å². The second-order valence-corrected chi connectivity index (χ2v) is 9.93. The first-order chi connectivity index (χ1) is 13.2. The molecular formula is C18H22FN3O5S. The van der Waals surface area contributed by atoms with Gasteiger partial charge in [-0.1, -0.05) is 0 Å². The molecule has 28 heavy (non-hydrogen) atoms. The summed E-state index contributed by atoms with van der Waals surface area (Å²) in [7, 11) is -3.61. The zero-order valence-electron chi connectivity index (χ0n) is 15.3. The molecular weight excluding hydrogens is 389 g/mol. The van der Waals surface area contributed by atoms with Crippen molar-refractivity contribution in [3.05, 3.63) is 23.4 Å². The van der Waals surface area contributed by atoms with Crippen molar-refractivity contribution in [2.45, 2.75) is 43.8 Å². The lowest BCUT2D eigenvalue weighted by Gasteiger charge is -2.35. The minimum absolute atomic E-state index is 0.0672. The number of sulfone groups is 1. The number of amides is 2. The number of hydrogen-bond acceptors (Lipinski definition) is 6. The fourth-order valence-corrected chi connectivity index (χ4v) is 5.17. The number of nitrogens with two attached hydrogens (primary N) is 1. The van der Waals surface area contributed by atoms with Crippen LogP contribution in [0.1, 0.15) is 48.2 Å². The molecule has 1 atom stereocenters. The lowest BCUT2D eigenvalue weighted by Crippen LogP contribution is -2.45. The Morgan fingerprint density at radius 3 is 2.61 bits per heavy atom. The highest BCUT2D eigenvalue weighted by molar-refractivity contribution is 7.91. The van der Waals surface area contributed by atoms with E-state index in [4.69, 9.17) is 10.5 Å². The first-order valence-electron chi connectivity index (χ1n) is 9.32. The van der Waals surface area contributed by atoms with Crippen molar-refractivity contribution in [1.82, 2.24) is 9.88 Å². The van der Waals surface area contributed by atoms with Crippen LogP contribution in [0.25, 0.3) is 0 Å². The van der Waals surface area contributed by atoms with E-state index in [2.05, 4.69) is 4.98 Å². The molecule has 1 saturated heterocycles. The van der Waals surface area contributed by atoms with Gasteiger partial charge < -0.3 is 15.4 Å². The number of aromatic nitrogens is 1. The summed E-state index contributed by atoms with van der Waals surface area (Å²) in [5, 5.41) is 0. The van der Waals surface area contributed by atoms with Gasteiger partial charge in [0.1, 0.15) is 23.3 Å². The van der Waals surface area contributed by atoms with Crippen molar-refractivity contribution in [3.8, 4) is 5.88 Å². The Kier molecular flexibility index (Phi) is 4.56. The van der Waals surface area contributed by atoms with Gasteiger partial charge >= 0.3 is 0 Å². The van der Waals surface area contributed by atoms with Crippen LogP contribution in [0.4, 0.5) is 4.39 Å². The van der Waals surface area contributed by atoms with E-state index in [-0.39, 0.29) is 11.6 Å². The van der Waals surface area contributed by atoms with Crippen molar-refractivity contribution < 1.29 is 27.1 Å². The maximum atomic E-state index is 15.0. The lowest BCUT2D eigenvalue weighted by molar-refractivity contribution is -0.121. The highest BCUT2D eigenvalue weighted by Crippen LogP contribution is 2.48. The monoisotopic (exact) mass is 411 g/mol. The van der Waals surface area contributed by atoms with Crippen molar-refractivity contribution in [3.63, 3.8) is 0 Å². The first kappa shape index (κ1) is 19.1. The Hall–Kier alpha value is -2.23. The average molecular weight is 411 g/mol. The molecule has 1 unspecified atom stereocenters. The van der Waals surface area contributed by atoms with Crippen LogP contribution in [0.15, 0.2) is 12.1 Å². The summed E-state index contributed by atoms with van der Waals surface area (Å²) in [6.07, 6.45) is 3.60. The Bertz CT molecular complexity index is 927. The van der Waals surface area contributed by atoms with Gasteiger partial charge in [-0.15, -0.1) is 0 Å². The topological polar surface area (TPSA) is 120 Å². The molecule has 0 bridgehead atoms. The van der Waals surface area contributed by atoms with Gasteiger partial charge in [-0.25, -0.2) is 17.8 Å². The Balaban J connectivity index is 1.64. The average Bonchev–Trinajstić information content (AvgIpc) is 3.38. The molecule has 152 valence electrons. The van der Waals surface area contributed by atoms with Crippen molar-refractivity contribution >= 4 is 21.7 Å². The predicted molar refractivity (Wildman–Crippen MR) is 96.9 cm³/mol. The third-order valence-electron chi connectivity index (χ3n) is 5.57. The normalized spacial score (nSPS) is 25.2. The molecule has 2 saturated carbocycles. The number of halogens is 1. The van der Waals surface area contributed by atoms with Crippen LogP contribution in [0.3, 0.4) is 0 Å². The van der Waals surface area contributed by atoms with Gasteiger partial charge in [-0.05, 0) is 50.2 Å². The molecule has 2 amide bonds. The van der Waals surface area contributed by atoms with Crippen molar-refractivity contribution in [2.24, 2.45) is 11.7 Å². The van der Waals surface area contributed by atoms with Gasteiger partial charge in [0.05, 0.1) is 17.9 Å². The molecule has 1 aromatic heterocycles. The van der Waals surface area contributed by atoms with Crippen LogP contribution in [0.2, 0.25) is 0 Å². The van der Waals surface area contributed by atoms with E-state index in [1.165, 1.54) is 12.1 Å². The summed E-state index contributed by atoms with van der Waals surface area (Å²) < 4.78 is 44.5. The Morgan fingerprint density at radius 2 is 2.04 bits per heavy atom. The maximum absolute atomic E-state index is 15.0. The highest BCUT2D eigenvalue weighted by atomic mass is 32.2. The predicted octanol–water partition coefficient (Wildman–Crippen LogP) is 0.901. The Labute approximate surface area is 162 Å². The fourth-order valence-electron chi connectivity index (χ4n) is 3.52. The quantitative estimate of drug-likeness (QED) is 0.743. The zero-order valence-corrected chi connectivity index (χ0v) is 16.1. The molecule has 0 aromatic carbocycles. The molecule has 8 nitrogen and oxygen atoms in total. The van der Waals surface area contributed by atoms with Gasteiger partial charge in [0.15, 0.2) is 9.84 Å². The largest absolute Gasteiger partial charge is 0.477 e. The van der Waals surface area contributed by atoms with Crippen molar-refractivity contribution in [2.75, 3.05) is 18.2 Å². The van der Waals surface area contributed by atoms with Gasteiger partial charge in [-0.2, -0.15) is 0 Å². The van der Waals surface area contributed by atoms with Crippen LogP contribution in [0.5, 0.6) is 5.88 Å². The van der Waals surface area contributed by atoms with E-state index in [9.17, 15) is 22.4 Å². The third-order valence-corrected chi connectivity index (χ3v) is 7.07. The van der Waals surface area contributed by atoms with Crippen LogP contribution in [-0.4, -0.2) is 54.4 Å². The van der Waals surface area contributed by atoms with Crippen molar-refractivity contribution in [1.29, 1.82) is 0 Å². The summed E-state index contributed by atoms with van der Waals surface area (Å²) in [4.78, 5) is 29.5. The van der Waals surface area contributed by atoms with E-state index < -0.39 is 45.0 Å². The molecule has 3 aliphatic rings. The van der Waals surface area contributed by atoms with Crippen LogP contribution in [-0.2, 0) is 20.3 Å². The molecule has 4 rings (SSSR count). The maximum Gasteiger partial charge on any atom is 0.274 e. The van der Waals surface area contributed by atoms with Crippen LogP contribution < -0.4 is 10.5 Å². The second-order valence-electron chi connectivity index (χ2n) is 7.85. The summed E-state index contributed by atoms with van der Waals surface area (Å²) in [5.74, 6) is -2.27. The minimum Gasteiger partial charge on any atom is -0.477 e. The number of hydrogen-bond donors (Lipinski definition) is 1. The SMILES string of the molecule is NC(=O)C1CS(=O)(=O)CN1C(=O)c1ccc(C2(F)CCC2)c(OCC2CC2)n1. The number of alkyl halides is 1. The smallest absolute Gasteiger partial charge is 0.274 e. The summed E-state index contributed by atoms with van der Waals surface area (Å²) >= 11 is 0. The highest BCUT2D eigenvalue weighted by Gasteiger charge is 2.44. The second kappa shape index (κ2) is 6.68. The number of rotatable bonds is 6. The number of pyridine rings is 1. The molecule has 2 aliphatic carbocycles. The first-order valence-corrected chi connectivity index (χ1v) is 11.1. The van der Waals surface area contributed by atoms with E-state index in [1.807, 2.05) is 0 Å². The fraction of sp³-hybridized carbons (Fsp3) is 0.611. The number of primary amides is 1. The standard InChI is InChI=1S/C18H22FN3O5S/c19-18(6-1-7-18)12-4-5-13(21-16(12)27-8-11-2-3-11)17(24)22-10-28(25,26)9-14(22)15(20)23/h4-5,11,14H,1-3,6-10H2,(H2,20,23). The van der Waals surface area contributed by atoms with Gasteiger partial charge in [0.2, 0.25) is 11.8 Å². The molecule has 0 radical (unpaired) electrons. The van der Waals surface area contributed by atoms with E-state index in [0.29, 0.717) is 30.9 Å². The molecule has 0 spiro atoms. The molecule has 2 heterocycles.